The minimum absolute atomic E-state index is 0.0198. The van der Waals surface area contributed by atoms with Crippen molar-refractivity contribution in [3.63, 3.8) is 0 Å². The second kappa shape index (κ2) is 16.7. The molecule has 340 valence electrons. The number of anilines is 1. The molecule has 11 unspecified atom stereocenters. The molecule has 2 N–H and O–H groups in total. The fraction of sp³-hybridized carbons (Fsp3) is 0.586. The van der Waals surface area contributed by atoms with E-state index in [0.29, 0.717) is 46.8 Å². The van der Waals surface area contributed by atoms with Gasteiger partial charge in [0.25, 0.3) is 0 Å². The molecule has 7 heteroatoms. The number of allylic oxidation sites excluding steroid dienone is 10. The number of para-hydroxylation sites is 1. The van der Waals surface area contributed by atoms with Crippen LogP contribution in [0.4, 0.5) is 5.69 Å². The van der Waals surface area contributed by atoms with Crippen molar-refractivity contribution in [2.24, 2.45) is 40.0 Å². The molecule has 65 heavy (non-hydrogen) atoms. The zero-order valence-corrected chi connectivity index (χ0v) is 40.4. The molecule has 1 aromatic carbocycles. The summed E-state index contributed by atoms with van der Waals surface area (Å²) in [6, 6.07) is 13.0. The predicted octanol–water partition coefficient (Wildman–Crippen LogP) is 12.8. The van der Waals surface area contributed by atoms with E-state index in [9.17, 15) is 5.26 Å². The van der Waals surface area contributed by atoms with E-state index < -0.39 is 0 Å². The van der Waals surface area contributed by atoms with Crippen LogP contribution >= 0.6 is 11.8 Å². The van der Waals surface area contributed by atoms with E-state index in [0.717, 1.165) is 37.1 Å². The maximum absolute atomic E-state index is 11.6. The molecule has 4 heterocycles. The van der Waals surface area contributed by atoms with Crippen LogP contribution < -0.4 is 15.5 Å². The summed E-state index contributed by atoms with van der Waals surface area (Å²) in [7, 11) is 0. The van der Waals surface area contributed by atoms with Gasteiger partial charge in [0.15, 0.2) is 0 Å². The van der Waals surface area contributed by atoms with Crippen LogP contribution in [0.2, 0.25) is 0 Å². The van der Waals surface area contributed by atoms with Crippen LogP contribution in [-0.4, -0.2) is 45.7 Å². The summed E-state index contributed by atoms with van der Waals surface area (Å²) in [5.41, 5.74) is 12.9. The number of amidine groups is 1. The fourth-order valence-electron chi connectivity index (χ4n) is 15.5. The Morgan fingerprint density at radius 1 is 0.800 bits per heavy atom. The van der Waals surface area contributed by atoms with E-state index in [1.54, 1.807) is 11.3 Å². The van der Waals surface area contributed by atoms with Crippen LogP contribution in [0, 0.1) is 46.3 Å². The van der Waals surface area contributed by atoms with Gasteiger partial charge in [0.05, 0.1) is 29.4 Å². The molecular formula is C58H72N6S. The second-order valence-corrected chi connectivity index (χ2v) is 24.1. The van der Waals surface area contributed by atoms with Crippen molar-refractivity contribution in [1.29, 1.82) is 5.26 Å². The molecule has 0 bridgehead atoms. The Kier molecular flexibility index (Phi) is 10.9. The van der Waals surface area contributed by atoms with E-state index in [-0.39, 0.29) is 35.0 Å². The van der Waals surface area contributed by atoms with E-state index in [1.165, 1.54) is 111 Å². The van der Waals surface area contributed by atoms with Gasteiger partial charge >= 0.3 is 0 Å². The predicted molar refractivity (Wildman–Crippen MR) is 269 cm³/mol. The molecular weight excluding hydrogens is 813 g/mol. The molecule has 1 aromatic rings. The summed E-state index contributed by atoms with van der Waals surface area (Å²) < 4.78 is 0. The Bertz CT molecular complexity index is 2430. The van der Waals surface area contributed by atoms with Crippen LogP contribution in [-0.2, 0) is 5.41 Å². The Labute approximate surface area is 394 Å². The fourth-order valence-corrected chi connectivity index (χ4v) is 17.2. The normalized spacial score (nSPS) is 37.8. The lowest BCUT2D eigenvalue weighted by molar-refractivity contribution is 0.0487. The first kappa shape index (κ1) is 42.4. The molecule has 4 aliphatic heterocycles. The zero-order chi connectivity index (χ0) is 44.0. The number of nitriles is 1. The highest BCUT2D eigenvalue weighted by Gasteiger charge is 2.53. The monoisotopic (exact) mass is 885 g/mol. The van der Waals surface area contributed by atoms with Gasteiger partial charge in [0.1, 0.15) is 12.0 Å². The van der Waals surface area contributed by atoms with Crippen molar-refractivity contribution in [2.75, 3.05) is 4.90 Å². The van der Waals surface area contributed by atoms with Crippen molar-refractivity contribution in [3.8, 4) is 6.07 Å². The molecule has 11 aliphatic rings. The minimum Gasteiger partial charge on any atom is -0.357 e. The van der Waals surface area contributed by atoms with Gasteiger partial charge in [-0.25, -0.2) is 0 Å². The third-order valence-corrected chi connectivity index (χ3v) is 20.4. The number of rotatable bonds is 5. The van der Waals surface area contributed by atoms with Gasteiger partial charge in [-0.05, 0) is 141 Å². The highest BCUT2D eigenvalue weighted by molar-refractivity contribution is 8.01. The molecule has 3 fully saturated rings. The first-order valence-electron chi connectivity index (χ1n) is 26.2. The van der Waals surface area contributed by atoms with Crippen molar-refractivity contribution in [2.45, 2.75) is 177 Å². The molecule has 6 nitrogen and oxygen atoms in total. The van der Waals surface area contributed by atoms with Crippen LogP contribution in [0.1, 0.15) is 142 Å². The molecule has 0 radical (unpaired) electrons. The summed E-state index contributed by atoms with van der Waals surface area (Å²) >= 11 is 2.17. The first-order valence-corrected chi connectivity index (χ1v) is 27.1. The number of thioether (sulfide) groups is 1. The minimum atomic E-state index is -0.0422. The van der Waals surface area contributed by atoms with Crippen molar-refractivity contribution >= 4 is 23.3 Å². The summed E-state index contributed by atoms with van der Waals surface area (Å²) in [5.74, 6) is 2.82. The average Bonchev–Trinajstić information content (AvgIpc) is 3.74. The Morgan fingerprint density at radius 3 is 2.38 bits per heavy atom. The van der Waals surface area contributed by atoms with Gasteiger partial charge < -0.3 is 15.1 Å². The summed E-state index contributed by atoms with van der Waals surface area (Å²) in [6.45, 7) is 10.2. The number of aliphatic imine (C=N–C) groups is 1. The Hall–Kier alpha value is -3.99. The number of nitrogens with one attached hydrogen (secondary N) is 2. The molecule has 12 rings (SSSR count). The van der Waals surface area contributed by atoms with Gasteiger partial charge in [0, 0.05) is 51.5 Å². The lowest BCUT2D eigenvalue weighted by atomic mass is 9.59. The van der Waals surface area contributed by atoms with Crippen LogP contribution in [0.5, 0.6) is 0 Å². The quantitative estimate of drug-likeness (QED) is 0.287. The summed E-state index contributed by atoms with van der Waals surface area (Å²) in [5, 5.41) is 21.0. The highest BCUT2D eigenvalue weighted by Crippen LogP contribution is 2.58. The third-order valence-electron chi connectivity index (χ3n) is 18.7. The maximum Gasteiger partial charge on any atom is 0.109 e. The Balaban J connectivity index is 1.02. The molecule has 1 saturated heterocycles. The standard InChI is InChI=1S/C58H72N6S/c1-57(2)42-24-9-13-28-46(42)63(47-29-14-10-25-43(47)57)50-34-51(64-48-30-15-11-26-44(48)58(3,4)45-27-12-16-31-49(45)64)41(33-37(50)35-59)56-61-54(36-19-6-5-7-20-36)60-55(62-56)40-23-18-22-39-38-21-8-17-32-52(38)65-53(39)40/h6,8-9,13,17-19,21-24,28,34,36,40-41,43-44,47-48,52-55,60H,5,7,10-12,14-16,20,25-27,29-33H2,1-4H3,(H,61,62). The van der Waals surface area contributed by atoms with E-state index >= 15 is 0 Å². The van der Waals surface area contributed by atoms with Gasteiger partial charge in [0.2, 0.25) is 0 Å². The lowest BCUT2D eigenvalue weighted by Gasteiger charge is -2.58. The molecule has 2 saturated carbocycles. The number of hydrogen-bond acceptors (Lipinski definition) is 7. The molecule has 7 aliphatic carbocycles. The van der Waals surface area contributed by atoms with E-state index in [2.05, 4.69) is 145 Å². The zero-order valence-electron chi connectivity index (χ0n) is 39.6. The maximum atomic E-state index is 11.6. The molecule has 11 atom stereocenters. The SMILES string of the molecule is CC1(C)C2=C(CCCC2)N(C2=CC(N3c4ccccc4C(C)(C)C4CCCCC43)=C(C#N)CC2C2=NC(C3C=CCCC3)NC(C3C=CC=C4C5=CC=CCC5SC43)N2)C2CCCCC21. The summed E-state index contributed by atoms with van der Waals surface area (Å²) in [6.07, 6.45) is 42.0. The number of hydrogen-bond donors (Lipinski definition) is 2. The smallest absolute Gasteiger partial charge is 0.109 e. The lowest BCUT2D eigenvalue weighted by Crippen LogP contribution is -2.62. The van der Waals surface area contributed by atoms with E-state index in [1.807, 2.05) is 0 Å². The van der Waals surface area contributed by atoms with E-state index in [4.69, 9.17) is 4.99 Å². The molecule has 0 spiro atoms. The molecule has 0 amide bonds. The van der Waals surface area contributed by atoms with Crippen molar-refractivity contribution < 1.29 is 0 Å². The number of fused-ring (bicyclic) bond motifs is 6. The van der Waals surface area contributed by atoms with Crippen LogP contribution in [0.15, 0.2) is 123 Å². The third kappa shape index (κ3) is 6.91. The van der Waals surface area contributed by atoms with Gasteiger partial charge in [-0.3, -0.25) is 10.3 Å². The highest BCUT2D eigenvalue weighted by atomic mass is 32.2. The van der Waals surface area contributed by atoms with Crippen molar-refractivity contribution in [1.82, 2.24) is 15.5 Å². The number of benzene rings is 1. The van der Waals surface area contributed by atoms with Crippen LogP contribution in [0.3, 0.4) is 0 Å². The van der Waals surface area contributed by atoms with Gasteiger partial charge in [-0.1, -0.05) is 120 Å². The summed E-state index contributed by atoms with van der Waals surface area (Å²) in [4.78, 5) is 11.6. The average molecular weight is 885 g/mol. The first-order chi connectivity index (χ1) is 31.7. The topological polar surface area (TPSA) is 66.7 Å². The van der Waals surface area contributed by atoms with Gasteiger partial charge in [-0.2, -0.15) is 5.26 Å². The largest absolute Gasteiger partial charge is 0.357 e. The van der Waals surface area contributed by atoms with Gasteiger partial charge in [-0.15, -0.1) is 11.8 Å². The molecule has 0 aromatic heterocycles. The second-order valence-electron chi connectivity index (χ2n) is 22.7. The number of nitrogens with zero attached hydrogens (tertiary/aromatic N) is 4. The van der Waals surface area contributed by atoms with Crippen LogP contribution in [0.25, 0.3) is 0 Å². The van der Waals surface area contributed by atoms with Crippen molar-refractivity contribution in [3.05, 3.63) is 124 Å². The Morgan fingerprint density at radius 2 is 1.57 bits per heavy atom.